The van der Waals surface area contributed by atoms with Crippen molar-refractivity contribution < 1.29 is 0 Å². The van der Waals surface area contributed by atoms with Gasteiger partial charge in [-0.15, -0.1) is 0 Å². The van der Waals surface area contributed by atoms with Crippen molar-refractivity contribution in [3.63, 3.8) is 0 Å². The molecular formula is C14H13NO. The minimum absolute atomic E-state index is 0.00134. The van der Waals surface area contributed by atoms with Crippen molar-refractivity contribution in [1.82, 2.24) is 4.98 Å². The van der Waals surface area contributed by atoms with Crippen LogP contribution in [0.25, 0.3) is 24.3 Å². The van der Waals surface area contributed by atoms with Crippen LogP contribution in [0.2, 0.25) is 0 Å². The van der Waals surface area contributed by atoms with Crippen LogP contribution in [0.1, 0.15) is 28.9 Å². The van der Waals surface area contributed by atoms with E-state index in [-0.39, 0.29) is 5.43 Å². The summed E-state index contributed by atoms with van der Waals surface area (Å²) in [6.07, 6.45) is 11.8. The first-order valence-electron chi connectivity index (χ1n) is 5.16. The average Bonchev–Trinajstić information content (AvgIpc) is 2.54. The molecule has 1 heterocycles. The predicted molar refractivity (Wildman–Crippen MR) is 69.9 cm³/mol. The molecule has 0 saturated carbocycles. The Balaban J connectivity index is 2.84. The number of nitrogens with one attached hydrogen (secondary N) is 1. The summed E-state index contributed by atoms with van der Waals surface area (Å²) in [6.45, 7) is 7.36. The van der Waals surface area contributed by atoms with E-state index in [2.05, 4.69) is 18.1 Å². The lowest BCUT2D eigenvalue weighted by atomic mass is 10.1. The first kappa shape index (κ1) is 10.4. The Hall–Kier alpha value is -2.09. The summed E-state index contributed by atoms with van der Waals surface area (Å²) in [7, 11) is 0. The van der Waals surface area contributed by atoms with Crippen LogP contribution < -0.4 is 5.43 Å². The van der Waals surface area contributed by atoms with Crippen LogP contribution in [0.4, 0.5) is 0 Å². The number of allylic oxidation sites excluding steroid dienone is 2. The summed E-state index contributed by atoms with van der Waals surface area (Å²) in [4.78, 5) is 15.3. The van der Waals surface area contributed by atoms with Gasteiger partial charge in [-0.2, -0.15) is 0 Å². The van der Waals surface area contributed by atoms with E-state index in [9.17, 15) is 4.79 Å². The normalized spacial score (nSPS) is 13.0. The van der Waals surface area contributed by atoms with Crippen molar-refractivity contribution in [2.45, 2.75) is 6.42 Å². The summed E-state index contributed by atoms with van der Waals surface area (Å²) in [5, 5.41) is 0. The van der Waals surface area contributed by atoms with Crippen LogP contribution in [0.3, 0.4) is 0 Å². The standard InChI is InChI=1S/C14H13NO/c1-3-10-12(4-2)15-13-9-7-5-6-8-11(13)14(10)16/h3-4,6-9H,1-2,5H2,(H,15,16). The van der Waals surface area contributed by atoms with Gasteiger partial charge in [0.2, 0.25) is 0 Å². The Kier molecular flexibility index (Phi) is 2.73. The van der Waals surface area contributed by atoms with Crippen LogP contribution in [0, 0.1) is 0 Å². The van der Waals surface area contributed by atoms with Gasteiger partial charge in [-0.3, -0.25) is 4.79 Å². The molecule has 2 nitrogen and oxygen atoms in total. The lowest BCUT2D eigenvalue weighted by Crippen LogP contribution is -2.14. The number of pyridine rings is 1. The minimum atomic E-state index is 0.00134. The number of fused-ring (bicyclic) bond motifs is 1. The fourth-order valence-corrected chi connectivity index (χ4v) is 1.78. The van der Waals surface area contributed by atoms with Gasteiger partial charge >= 0.3 is 0 Å². The Morgan fingerprint density at radius 1 is 1.19 bits per heavy atom. The molecule has 80 valence electrons. The number of H-pyrrole nitrogens is 1. The summed E-state index contributed by atoms with van der Waals surface area (Å²) < 4.78 is 0. The summed E-state index contributed by atoms with van der Waals surface area (Å²) in [5.41, 5.74) is 2.82. The van der Waals surface area contributed by atoms with E-state index < -0.39 is 0 Å². The van der Waals surface area contributed by atoms with E-state index in [1.54, 1.807) is 12.2 Å². The van der Waals surface area contributed by atoms with E-state index >= 15 is 0 Å². The zero-order chi connectivity index (χ0) is 11.5. The second-order valence-electron chi connectivity index (χ2n) is 3.56. The molecule has 0 bridgehead atoms. The third kappa shape index (κ3) is 1.58. The number of rotatable bonds is 2. The van der Waals surface area contributed by atoms with E-state index in [0.717, 1.165) is 17.8 Å². The zero-order valence-corrected chi connectivity index (χ0v) is 8.99. The lowest BCUT2D eigenvalue weighted by molar-refractivity contribution is 1.22. The molecule has 16 heavy (non-hydrogen) atoms. The van der Waals surface area contributed by atoms with E-state index in [1.807, 2.05) is 24.3 Å². The third-order valence-electron chi connectivity index (χ3n) is 2.59. The van der Waals surface area contributed by atoms with E-state index in [1.165, 1.54) is 0 Å². The fourth-order valence-electron chi connectivity index (χ4n) is 1.78. The number of hydrogen-bond donors (Lipinski definition) is 1. The van der Waals surface area contributed by atoms with Gasteiger partial charge in [-0.05, 0) is 18.6 Å². The second-order valence-corrected chi connectivity index (χ2v) is 3.56. The maximum absolute atomic E-state index is 12.2. The smallest absolute Gasteiger partial charge is 0.197 e. The van der Waals surface area contributed by atoms with Crippen molar-refractivity contribution in [2.75, 3.05) is 0 Å². The SMILES string of the molecule is C=Cc1[nH]c2c(c(=O)c1C=C)C=CCC=C2. The quantitative estimate of drug-likeness (QED) is 0.801. The molecule has 0 amide bonds. The maximum Gasteiger partial charge on any atom is 0.197 e. The molecule has 1 aromatic rings. The topological polar surface area (TPSA) is 32.9 Å². The summed E-state index contributed by atoms with van der Waals surface area (Å²) in [5.74, 6) is 0. The monoisotopic (exact) mass is 211 g/mol. The maximum atomic E-state index is 12.2. The van der Waals surface area contributed by atoms with Crippen molar-refractivity contribution in [1.29, 1.82) is 0 Å². The molecule has 2 heteroatoms. The summed E-state index contributed by atoms with van der Waals surface area (Å²) in [6, 6.07) is 0. The molecule has 1 aliphatic carbocycles. The number of aromatic nitrogens is 1. The van der Waals surface area contributed by atoms with E-state index in [0.29, 0.717) is 11.1 Å². The lowest BCUT2D eigenvalue weighted by Gasteiger charge is -2.06. The molecule has 1 aromatic heterocycles. The van der Waals surface area contributed by atoms with Crippen LogP contribution in [-0.2, 0) is 0 Å². The van der Waals surface area contributed by atoms with Crippen molar-refractivity contribution in [2.24, 2.45) is 0 Å². The molecule has 0 spiro atoms. The Labute approximate surface area is 94.3 Å². The van der Waals surface area contributed by atoms with Gasteiger partial charge in [-0.25, -0.2) is 0 Å². The van der Waals surface area contributed by atoms with Crippen LogP contribution >= 0.6 is 0 Å². The number of aromatic amines is 1. The number of hydrogen-bond acceptors (Lipinski definition) is 1. The predicted octanol–water partition coefficient (Wildman–Crippen LogP) is 3.09. The van der Waals surface area contributed by atoms with Gasteiger partial charge in [0.1, 0.15) is 0 Å². The largest absolute Gasteiger partial charge is 0.354 e. The van der Waals surface area contributed by atoms with Crippen LogP contribution in [0.15, 0.2) is 30.1 Å². The van der Waals surface area contributed by atoms with E-state index in [4.69, 9.17) is 0 Å². The van der Waals surface area contributed by atoms with Crippen molar-refractivity contribution in [3.8, 4) is 0 Å². The highest BCUT2D eigenvalue weighted by Gasteiger charge is 2.10. The Bertz CT molecular complexity index is 559. The summed E-state index contributed by atoms with van der Waals surface area (Å²) >= 11 is 0. The Morgan fingerprint density at radius 3 is 2.62 bits per heavy atom. The Morgan fingerprint density at radius 2 is 1.94 bits per heavy atom. The molecule has 0 unspecified atom stereocenters. The molecular weight excluding hydrogens is 198 g/mol. The first-order valence-corrected chi connectivity index (χ1v) is 5.16. The van der Waals surface area contributed by atoms with Crippen molar-refractivity contribution >= 4 is 24.3 Å². The highest BCUT2D eigenvalue weighted by Crippen LogP contribution is 2.16. The minimum Gasteiger partial charge on any atom is -0.354 e. The molecule has 0 aliphatic heterocycles. The molecule has 2 rings (SSSR count). The first-order chi connectivity index (χ1) is 7.77. The van der Waals surface area contributed by atoms with Crippen LogP contribution in [0.5, 0.6) is 0 Å². The molecule has 0 atom stereocenters. The molecule has 0 radical (unpaired) electrons. The second kappa shape index (κ2) is 4.19. The molecule has 0 fully saturated rings. The highest BCUT2D eigenvalue weighted by atomic mass is 16.1. The van der Waals surface area contributed by atoms with Gasteiger partial charge in [0.05, 0.1) is 0 Å². The van der Waals surface area contributed by atoms with Crippen molar-refractivity contribution in [3.05, 3.63) is 58.0 Å². The van der Waals surface area contributed by atoms with Gasteiger partial charge < -0.3 is 4.98 Å². The van der Waals surface area contributed by atoms with Crippen LogP contribution in [-0.4, -0.2) is 4.98 Å². The van der Waals surface area contributed by atoms with Gasteiger partial charge in [-0.1, -0.05) is 37.5 Å². The zero-order valence-electron chi connectivity index (χ0n) is 8.99. The average molecular weight is 211 g/mol. The molecule has 1 N–H and O–H groups in total. The molecule has 0 aromatic carbocycles. The highest BCUT2D eigenvalue weighted by molar-refractivity contribution is 5.71. The fraction of sp³-hybridized carbons (Fsp3) is 0.0714. The molecule has 1 aliphatic rings. The third-order valence-corrected chi connectivity index (χ3v) is 2.59. The molecule has 0 saturated heterocycles. The van der Waals surface area contributed by atoms with Gasteiger partial charge in [0.15, 0.2) is 5.43 Å². The van der Waals surface area contributed by atoms with Gasteiger partial charge in [0, 0.05) is 22.5 Å². The van der Waals surface area contributed by atoms with Gasteiger partial charge in [0.25, 0.3) is 0 Å².